The van der Waals surface area contributed by atoms with Crippen LogP contribution in [0.2, 0.25) is 0 Å². The number of hydrogen-bond donors (Lipinski definition) is 2. The molecule has 0 saturated carbocycles. The van der Waals surface area contributed by atoms with E-state index in [0.717, 1.165) is 68.3 Å². The largest absolute Gasteiger partial charge is 0.493 e. The van der Waals surface area contributed by atoms with E-state index in [9.17, 15) is 4.79 Å². The molecule has 148 valence electrons. The Hall–Kier alpha value is -2.67. The number of hydrogen-bond acceptors (Lipinski definition) is 6. The van der Waals surface area contributed by atoms with Crippen molar-refractivity contribution in [3.8, 4) is 5.75 Å². The summed E-state index contributed by atoms with van der Waals surface area (Å²) in [4.78, 5) is 22.3. The van der Waals surface area contributed by atoms with Crippen LogP contribution >= 0.6 is 0 Å². The van der Waals surface area contributed by atoms with Crippen molar-refractivity contribution in [1.82, 2.24) is 15.3 Å². The molecule has 28 heavy (non-hydrogen) atoms. The maximum absolute atomic E-state index is 11.5. The number of fused-ring (bicyclic) bond motifs is 1. The second kappa shape index (κ2) is 7.75. The van der Waals surface area contributed by atoms with Crippen LogP contribution in [0.15, 0.2) is 18.2 Å². The highest BCUT2D eigenvalue weighted by Crippen LogP contribution is 2.26. The highest BCUT2D eigenvalue weighted by atomic mass is 16.5. The topological polar surface area (TPSA) is 93.4 Å². The molecule has 2 aliphatic rings. The zero-order valence-electron chi connectivity index (χ0n) is 16.5. The molecular weight excluding hydrogens is 354 g/mol. The van der Waals surface area contributed by atoms with Gasteiger partial charge in [0.1, 0.15) is 11.6 Å². The number of rotatable bonds is 5. The number of nitrogens with two attached hydrogens (primary N) is 1. The van der Waals surface area contributed by atoms with Gasteiger partial charge in [-0.05, 0) is 50.3 Å². The number of ether oxygens (including phenoxy) is 1. The first kappa shape index (κ1) is 18.7. The molecule has 1 aromatic heterocycles. The van der Waals surface area contributed by atoms with Crippen molar-refractivity contribution in [2.75, 3.05) is 24.6 Å². The van der Waals surface area contributed by atoms with E-state index in [1.54, 1.807) is 0 Å². The van der Waals surface area contributed by atoms with Crippen LogP contribution in [-0.2, 0) is 13.0 Å². The minimum absolute atomic E-state index is 0.0887. The molecule has 2 aliphatic heterocycles. The van der Waals surface area contributed by atoms with E-state index in [0.29, 0.717) is 6.04 Å². The van der Waals surface area contributed by atoms with E-state index in [4.69, 9.17) is 10.5 Å². The Morgan fingerprint density at radius 2 is 2.21 bits per heavy atom. The fraction of sp³-hybridized carbons (Fsp3) is 0.476. The van der Waals surface area contributed by atoms with Crippen LogP contribution < -0.4 is 20.7 Å². The van der Waals surface area contributed by atoms with E-state index >= 15 is 0 Å². The van der Waals surface area contributed by atoms with Crippen molar-refractivity contribution in [1.29, 1.82) is 0 Å². The summed E-state index contributed by atoms with van der Waals surface area (Å²) in [6.07, 6.45) is 3.21. The first-order valence-corrected chi connectivity index (χ1v) is 9.89. The second-order valence-corrected chi connectivity index (χ2v) is 7.65. The quantitative estimate of drug-likeness (QED) is 0.821. The van der Waals surface area contributed by atoms with E-state index in [1.807, 2.05) is 13.8 Å². The standard InChI is InChI=1S/C21H27N5O2/c1-13-14(2)24-20(19(22)27)25-21(13)26-8-7-17(12-26)23-11-15-5-6-18-16(10-15)4-3-9-28-18/h5-6,10,17,23H,3-4,7-9,11-12H2,1-2H3,(H2,22,27)/t17-/m1/s1. The average Bonchev–Trinajstić information content (AvgIpc) is 3.17. The third-order valence-corrected chi connectivity index (χ3v) is 5.64. The number of benzene rings is 1. The highest BCUT2D eigenvalue weighted by Gasteiger charge is 2.26. The van der Waals surface area contributed by atoms with Crippen LogP contribution in [0.5, 0.6) is 5.75 Å². The average molecular weight is 381 g/mol. The summed E-state index contributed by atoms with van der Waals surface area (Å²) in [6.45, 7) is 7.28. The molecule has 0 radical (unpaired) electrons. The Kier molecular flexibility index (Phi) is 5.17. The number of primary amides is 1. The molecule has 3 heterocycles. The third kappa shape index (κ3) is 3.80. The van der Waals surface area contributed by atoms with Gasteiger partial charge in [-0.3, -0.25) is 4.79 Å². The molecule has 0 unspecified atom stereocenters. The molecule has 1 aromatic carbocycles. The van der Waals surface area contributed by atoms with Gasteiger partial charge in [0.15, 0.2) is 0 Å². The Balaban J connectivity index is 1.40. The van der Waals surface area contributed by atoms with Crippen LogP contribution in [-0.4, -0.2) is 41.6 Å². The van der Waals surface area contributed by atoms with Gasteiger partial charge in [-0.1, -0.05) is 12.1 Å². The first-order valence-electron chi connectivity index (χ1n) is 9.89. The predicted octanol–water partition coefficient (Wildman–Crippen LogP) is 1.89. The van der Waals surface area contributed by atoms with Gasteiger partial charge in [-0.2, -0.15) is 0 Å². The predicted molar refractivity (Wildman–Crippen MR) is 108 cm³/mol. The summed E-state index contributed by atoms with van der Waals surface area (Å²) in [5.74, 6) is 1.35. The molecule has 1 amide bonds. The van der Waals surface area contributed by atoms with Crippen molar-refractivity contribution in [2.45, 2.75) is 45.7 Å². The Morgan fingerprint density at radius 1 is 1.36 bits per heavy atom. The molecule has 1 saturated heterocycles. The first-order chi connectivity index (χ1) is 13.5. The molecule has 0 aliphatic carbocycles. The molecule has 1 atom stereocenters. The molecule has 0 bridgehead atoms. The Labute approximate surface area is 165 Å². The fourth-order valence-corrected chi connectivity index (χ4v) is 3.94. The minimum atomic E-state index is -0.588. The SMILES string of the molecule is Cc1nc(C(N)=O)nc(N2CC[C@@H](NCc3ccc4c(c3)CCCO4)C2)c1C. The molecule has 1 fully saturated rings. The van der Waals surface area contributed by atoms with Gasteiger partial charge < -0.3 is 20.7 Å². The number of carbonyl (C=O) groups excluding carboxylic acids is 1. The van der Waals surface area contributed by atoms with Gasteiger partial charge >= 0.3 is 0 Å². The monoisotopic (exact) mass is 381 g/mol. The van der Waals surface area contributed by atoms with Gasteiger partial charge in [0.05, 0.1) is 6.61 Å². The summed E-state index contributed by atoms with van der Waals surface area (Å²) in [5.41, 5.74) is 9.78. The van der Waals surface area contributed by atoms with Crippen molar-refractivity contribution in [2.24, 2.45) is 5.73 Å². The molecule has 4 rings (SSSR count). The van der Waals surface area contributed by atoms with E-state index < -0.39 is 5.91 Å². The lowest BCUT2D eigenvalue weighted by Crippen LogP contribution is -2.33. The highest BCUT2D eigenvalue weighted by molar-refractivity contribution is 5.89. The Bertz CT molecular complexity index is 899. The summed E-state index contributed by atoms with van der Waals surface area (Å²) >= 11 is 0. The molecule has 7 heteroatoms. The molecule has 2 aromatic rings. The van der Waals surface area contributed by atoms with Crippen LogP contribution in [0.25, 0.3) is 0 Å². The van der Waals surface area contributed by atoms with Gasteiger partial charge in [-0.15, -0.1) is 0 Å². The number of amides is 1. The zero-order chi connectivity index (χ0) is 19.7. The van der Waals surface area contributed by atoms with Crippen LogP contribution in [0.4, 0.5) is 5.82 Å². The van der Waals surface area contributed by atoms with Crippen molar-refractivity contribution in [3.05, 3.63) is 46.4 Å². The lowest BCUT2D eigenvalue weighted by Gasteiger charge is -2.21. The maximum Gasteiger partial charge on any atom is 0.286 e. The molecule has 7 nitrogen and oxygen atoms in total. The smallest absolute Gasteiger partial charge is 0.286 e. The maximum atomic E-state index is 11.5. The van der Waals surface area contributed by atoms with Crippen LogP contribution in [0, 0.1) is 13.8 Å². The number of nitrogens with zero attached hydrogens (tertiary/aromatic N) is 3. The van der Waals surface area contributed by atoms with E-state index in [-0.39, 0.29) is 5.82 Å². The van der Waals surface area contributed by atoms with Crippen LogP contribution in [0.1, 0.15) is 45.8 Å². The number of aryl methyl sites for hydroxylation is 2. The lowest BCUT2D eigenvalue weighted by atomic mass is 10.0. The summed E-state index contributed by atoms with van der Waals surface area (Å²) in [7, 11) is 0. The second-order valence-electron chi connectivity index (χ2n) is 7.65. The number of carbonyl (C=O) groups is 1. The van der Waals surface area contributed by atoms with Gasteiger partial charge in [0.2, 0.25) is 5.82 Å². The van der Waals surface area contributed by atoms with Crippen LogP contribution in [0.3, 0.4) is 0 Å². The summed E-state index contributed by atoms with van der Waals surface area (Å²) in [5, 5.41) is 3.66. The van der Waals surface area contributed by atoms with Crippen molar-refractivity contribution < 1.29 is 9.53 Å². The molecule has 0 spiro atoms. The molecule has 3 N–H and O–H groups in total. The minimum Gasteiger partial charge on any atom is -0.493 e. The van der Waals surface area contributed by atoms with Crippen molar-refractivity contribution >= 4 is 11.7 Å². The normalized spacial score (nSPS) is 18.6. The lowest BCUT2D eigenvalue weighted by molar-refractivity contribution is 0.0990. The van der Waals surface area contributed by atoms with Gasteiger partial charge in [0.25, 0.3) is 5.91 Å². The number of anilines is 1. The van der Waals surface area contributed by atoms with Gasteiger partial charge in [0, 0.05) is 36.9 Å². The molecular formula is C21H27N5O2. The van der Waals surface area contributed by atoms with E-state index in [2.05, 4.69) is 38.4 Å². The fourth-order valence-electron chi connectivity index (χ4n) is 3.94. The Morgan fingerprint density at radius 3 is 3.04 bits per heavy atom. The van der Waals surface area contributed by atoms with Crippen molar-refractivity contribution in [3.63, 3.8) is 0 Å². The summed E-state index contributed by atoms with van der Waals surface area (Å²) in [6, 6.07) is 6.86. The van der Waals surface area contributed by atoms with Gasteiger partial charge in [-0.25, -0.2) is 9.97 Å². The van der Waals surface area contributed by atoms with E-state index in [1.165, 1.54) is 11.1 Å². The third-order valence-electron chi connectivity index (χ3n) is 5.64. The zero-order valence-corrected chi connectivity index (χ0v) is 16.5. The number of nitrogens with one attached hydrogen (secondary N) is 1. The number of aromatic nitrogens is 2. The summed E-state index contributed by atoms with van der Waals surface area (Å²) < 4.78 is 5.69.